The van der Waals surface area contributed by atoms with E-state index in [0.717, 1.165) is 10.8 Å². The molecule has 0 aliphatic carbocycles. The number of rotatable bonds is 3. The first-order valence-corrected chi connectivity index (χ1v) is 6.42. The molecule has 0 spiro atoms. The number of benzene rings is 1. The van der Waals surface area contributed by atoms with Crippen LogP contribution in [0.3, 0.4) is 0 Å². The van der Waals surface area contributed by atoms with Crippen molar-refractivity contribution < 1.29 is 0 Å². The predicted molar refractivity (Wildman–Crippen MR) is 70.0 cm³/mol. The van der Waals surface area contributed by atoms with E-state index in [0.29, 0.717) is 5.15 Å². The Bertz CT molecular complexity index is 471. The lowest BCUT2D eigenvalue weighted by atomic mass is 10.2. The molecule has 0 saturated carbocycles. The van der Waals surface area contributed by atoms with Crippen LogP contribution in [-0.4, -0.2) is 4.98 Å². The van der Waals surface area contributed by atoms with Crippen LogP contribution < -0.4 is 0 Å². The molecule has 1 aromatic carbocycles. The van der Waals surface area contributed by atoms with E-state index in [2.05, 4.69) is 24.0 Å². The van der Waals surface area contributed by atoms with Crippen molar-refractivity contribution in [3.8, 4) is 0 Å². The first-order chi connectivity index (χ1) is 7.75. The highest BCUT2D eigenvalue weighted by Gasteiger charge is 2.02. The number of aryl methyl sites for hydroxylation is 1. The van der Waals surface area contributed by atoms with E-state index in [1.165, 1.54) is 11.1 Å². The fourth-order valence-corrected chi connectivity index (χ4v) is 2.51. The molecule has 16 heavy (non-hydrogen) atoms. The van der Waals surface area contributed by atoms with Crippen LogP contribution in [0, 0.1) is 6.92 Å². The highest BCUT2D eigenvalue weighted by Crippen LogP contribution is 2.25. The Balaban J connectivity index is 2.08. The SMILES string of the molecule is Cc1ccc(Cl)nc1SCc1ccccc1. The maximum absolute atomic E-state index is 5.87. The van der Waals surface area contributed by atoms with Gasteiger partial charge in [-0.05, 0) is 24.1 Å². The van der Waals surface area contributed by atoms with Crippen LogP contribution in [0.4, 0.5) is 0 Å². The second-order valence-corrected chi connectivity index (χ2v) is 4.88. The standard InChI is InChI=1S/C13H12ClNS/c1-10-7-8-12(14)15-13(10)16-9-11-5-3-2-4-6-11/h2-8H,9H2,1H3. The van der Waals surface area contributed by atoms with Gasteiger partial charge in [-0.2, -0.15) is 0 Å². The Morgan fingerprint density at radius 2 is 1.88 bits per heavy atom. The molecule has 1 heterocycles. The van der Waals surface area contributed by atoms with Gasteiger partial charge in [0.15, 0.2) is 0 Å². The van der Waals surface area contributed by atoms with Crippen molar-refractivity contribution in [3.63, 3.8) is 0 Å². The van der Waals surface area contributed by atoms with Gasteiger partial charge in [0.25, 0.3) is 0 Å². The molecule has 0 amide bonds. The van der Waals surface area contributed by atoms with Gasteiger partial charge in [0.05, 0.1) is 0 Å². The van der Waals surface area contributed by atoms with Crippen LogP contribution in [0.1, 0.15) is 11.1 Å². The van der Waals surface area contributed by atoms with Crippen molar-refractivity contribution in [2.24, 2.45) is 0 Å². The number of aromatic nitrogens is 1. The third-order valence-electron chi connectivity index (χ3n) is 2.23. The largest absolute Gasteiger partial charge is 0.230 e. The minimum absolute atomic E-state index is 0.557. The van der Waals surface area contributed by atoms with E-state index in [4.69, 9.17) is 11.6 Å². The zero-order chi connectivity index (χ0) is 11.4. The first-order valence-electron chi connectivity index (χ1n) is 5.05. The lowest BCUT2D eigenvalue weighted by molar-refractivity contribution is 1.08. The summed E-state index contributed by atoms with van der Waals surface area (Å²) in [5, 5.41) is 1.57. The Hall–Kier alpha value is -0.990. The lowest BCUT2D eigenvalue weighted by Gasteiger charge is -2.04. The minimum atomic E-state index is 0.557. The topological polar surface area (TPSA) is 12.9 Å². The van der Waals surface area contributed by atoms with Gasteiger partial charge in [-0.25, -0.2) is 4.98 Å². The Morgan fingerprint density at radius 1 is 1.12 bits per heavy atom. The van der Waals surface area contributed by atoms with Crippen LogP contribution in [0.5, 0.6) is 0 Å². The molecular weight excluding hydrogens is 238 g/mol. The maximum Gasteiger partial charge on any atom is 0.130 e. The van der Waals surface area contributed by atoms with Crippen molar-refractivity contribution in [2.45, 2.75) is 17.7 Å². The maximum atomic E-state index is 5.87. The van der Waals surface area contributed by atoms with Crippen molar-refractivity contribution in [1.29, 1.82) is 0 Å². The summed E-state index contributed by atoms with van der Waals surface area (Å²) in [6.45, 7) is 2.05. The zero-order valence-electron chi connectivity index (χ0n) is 8.98. The molecular formula is C13H12ClNS. The van der Waals surface area contributed by atoms with Crippen molar-refractivity contribution in [2.75, 3.05) is 0 Å². The van der Waals surface area contributed by atoms with E-state index >= 15 is 0 Å². The number of pyridine rings is 1. The van der Waals surface area contributed by atoms with E-state index in [1.807, 2.05) is 30.3 Å². The number of nitrogens with zero attached hydrogens (tertiary/aromatic N) is 1. The van der Waals surface area contributed by atoms with Crippen LogP contribution in [0.15, 0.2) is 47.5 Å². The molecule has 82 valence electrons. The average Bonchev–Trinajstić information content (AvgIpc) is 2.32. The molecule has 1 nitrogen and oxygen atoms in total. The van der Waals surface area contributed by atoms with Crippen LogP contribution in [0.2, 0.25) is 5.15 Å². The van der Waals surface area contributed by atoms with Gasteiger partial charge in [-0.3, -0.25) is 0 Å². The van der Waals surface area contributed by atoms with Gasteiger partial charge in [0.2, 0.25) is 0 Å². The molecule has 1 aromatic heterocycles. The molecule has 0 radical (unpaired) electrons. The summed E-state index contributed by atoms with van der Waals surface area (Å²) in [7, 11) is 0. The monoisotopic (exact) mass is 249 g/mol. The predicted octanol–water partition coefficient (Wildman–Crippen LogP) is 4.34. The van der Waals surface area contributed by atoms with E-state index < -0.39 is 0 Å². The molecule has 0 saturated heterocycles. The summed E-state index contributed by atoms with van der Waals surface area (Å²) in [6.07, 6.45) is 0. The molecule has 3 heteroatoms. The Labute approximate surface area is 105 Å². The Morgan fingerprint density at radius 3 is 2.62 bits per heavy atom. The second kappa shape index (κ2) is 5.37. The van der Waals surface area contributed by atoms with Crippen LogP contribution in [-0.2, 0) is 5.75 Å². The number of halogens is 1. The molecule has 2 rings (SSSR count). The average molecular weight is 250 g/mol. The summed E-state index contributed by atoms with van der Waals surface area (Å²) >= 11 is 7.59. The van der Waals surface area contributed by atoms with Gasteiger partial charge in [-0.15, -0.1) is 11.8 Å². The normalized spacial score (nSPS) is 10.4. The van der Waals surface area contributed by atoms with Crippen LogP contribution in [0.25, 0.3) is 0 Å². The molecule has 0 N–H and O–H groups in total. The van der Waals surface area contributed by atoms with Gasteiger partial charge >= 0.3 is 0 Å². The van der Waals surface area contributed by atoms with E-state index in [1.54, 1.807) is 11.8 Å². The quantitative estimate of drug-likeness (QED) is 0.593. The second-order valence-electron chi connectivity index (χ2n) is 3.53. The highest BCUT2D eigenvalue weighted by atomic mass is 35.5. The molecule has 0 bridgehead atoms. The summed E-state index contributed by atoms with van der Waals surface area (Å²) in [5.41, 5.74) is 2.47. The summed E-state index contributed by atoms with van der Waals surface area (Å²) < 4.78 is 0. The van der Waals surface area contributed by atoms with Gasteiger partial charge in [0.1, 0.15) is 10.2 Å². The summed E-state index contributed by atoms with van der Waals surface area (Å²) in [4.78, 5) is 4.32. The minimum Gasteiger partial charge on any atom is -0.230 e. The fourth-order valence-electron chi connectivity index (χ4n) is 1.36. The third-order valence-corrected chi connectivity index (χ3v) is 3.61. The molecule has 0 unspecified atom stereocenters. The highest BCUT2D eigenvalue weighted by molar-refractivity contribution is 7.98. The number of hydrogen-bond donors (Lipinski definition) is 0. The molecule has 0 atom stereocenters. The Kier molecular flexibility index (Phi) is 3.86. The van der Waals surface area contributed by atoms with Gasteiger partial charge in [0, 0.05) is 5.75 Å². The number of thioether (sulfide) groups is 1. The lowest BCUT2D eigenvalue weighted by Crippen LogP contribution is -1.87. The molecule has 0 aliphatic rings. The molecule has 2 aromatic rings. The van der Waals surface area contributed by atoms with Gasteiger partial charge in [-0.1, -0.05) is 48.0 Å². The number of hydrogen-bond acceptors (Lipinski definition) is 2. The molecule has 0 aliphatic heterocycles. The molecule has 0 fully saturated rings. The summed E-state index contributed by atoms with van der Waals surface area (Å²) in [6, 6.07) is 14.2. The first kappa shape index (κ1) is 11.5. The van der Waals surface area contributed by atoms with Crippen molar-refractivity contribution in [1.82, 2.24) is 4.98 Å². The van der Waals surface area contributed by atoms with Crippen molar-refractivity contribution in [3.05, 3.63) is 58.7 Å². The summed E-state index contributed by atoms with van der Waals surface area (Å²) in [5.74, 6) is 0.926. The van der Waals surface area contributed by atoms with Crippen molar-refractivity contribution >= 4 is 23.4 Å². The smallest absolute Gasteiger partial charge is 0.130 e. The van der Waals surface area contributed by atoms with E-state index in [-0.39, 0.29) is 0 Å². The third kappa shape index (κ3) is 3.00. The van der Waals surface area contributed by atoms with E-state index in [9.17, 15) is 0 Å². The van der Waals surface area contributed by atoms with Gasteiger partial charge < -0.3 is 0 Å². The van der Waals surface area contributed by atoms with Crippen LogP contribution >= 0.6 is 23.4 Å². The zero-order valence-corrected chi connectivity index (χ0v) is 10.6. The fraction of sp³-hybridized carbons (Fsp3) is 0.154.